The molecule has 0 atom stereocenters. The molecule has 0 amide bonds. The molecule has 0 fully saturated rings. The zero-order chi connectivity index (χ0) is 19.8. The summed E-state index contributed by atoms with van der Waals surface area (Å²) in [5.74, 6) is 0.537. The maximum atomic E-state index is 11.1. The van der Waals surface area contributed by atoms with Crippen molar-refractivity contribution in [1.29, 1.82) is 0 Å². The van der Waals surface area contributed by atoms with E-state index in [1.807, 2.05) is 31.2 Å². The predicted octanol–water partition coefficient (Wildman–Crippen LogP) is 4.01. The number of nitrogens with one attached hydrogen (secondary N) is 1. The number of rotatable bonds is 9. The average Bonchev–Trinajstić information content (AvgIpc) is 2.66. The highest BCUT2D eigenvalue weighted by Gasteiger charge is 2.19. The van der Waals surface area contributed by atoms with Gasteiger partial charge in [0.05, 0.1) is 22.1 Å². The van der Waals surface area contributed by atoms with E-state index in [1.165, 1.54) is 18.3 Å². The number of alkyl halides is 1. The summed E-state index contributed by atoms with van der Waals surface area (Å²) >= 11 is 5.79. The lowest BCUT2D eigenvalue weighted by Gasteiger charge is -2.21. The number of nitrogens with zero attached hydrogens (tertiary/aromatic N) is 4. The van der Waals surface area contributed by atoms with Crippen LogP contribution in [0.2, 0.25) is 0 Å². The van der Waals surface area contributed by atoms with Crippen LogP contribution >= 0.6 is 11.6 Å². The number of hydrogen-bond donors (Lipinski definition) is 1. The van der Waals surface area contributed by atoms with Crippen molar-refractivity contribution >= 4 is 40.6 Å². The van der Waals surface area contributed by atoms with Crippen LogP contribution in [0.25, 0.3) is 0 Å². The third-order valence-electron chi connectivity index (χ3n) is 3.78. The summed E-state index contributed by atoms with van der Waals surface area (Å²) in [5.41, 5.74) is 3.67. The topological polar surface area (TPSA) is 114 Å². The van der Waals surface area contributed by atoms with Gasteiger partial charge in [0.25, 0.3) is 5.69 Å². The quantitative estimate of drug-likeness (QED) is 0.299. The first kappa shape index (κ1) is 20.1. The molecule has 2 aromatic carbocycles. The van der Waals surface area contributed by atoms with Crippen LogP contribution in [0.5, 0.6) is 0 Å². The van der Waals surface area contributed by atoms with E-state index in [0.29, 0.717) is 5.88 Å². The van der Waals surface area contributed by atoms with Crippen LogP contribution in [0.1, 0.15) is 12.5 Å². The lowest BCUT2D eigenvalue weighted by atomic mass is 10.2. The van der Waals surface area contributed by atoms with Gasteiger partial charge >= 0.3 is 5.69 Å². The van der Waals surface area contributed by atoms with Crippen LogP contribution in [0.15, 0.2) is 47.6 Å². The van der Waals surface area contributed by atoms with Gasteiger partial charge in [-0.15, -0.1) is 11.6 Å². The molecular formula is C17H18ClN5O4. The van der Waals surface area contributed by atoms with Crippen LogP contribution in [-0.4, -0.2) is 35.0 Å². The van der Waals surface area contributed by atoms with E-state index >= 15 is 0 Å². The lowest BCUT2D eigenvalue weighted by Crippen LogP contribution is -2.24. The number of hydrazone groups is 1. The molecule has 0 radical (unpaired) electrons. The van der Waals surface area contributed by atoms with Crippen molar-refractivity contribution in [3.8, 4) is 0 Å². The molecule has 142 valence electrons. The Hall–Kier alpha value is -3.20. The van der Waals surface area contributed by atoms with Gasteiger partial charge in [-0.05, 0) is 30.7 Å². The first-order valence-electron chi connectivity index (χ1n) is 8.09. The number of non-ortho nitro benzene ring substituents is 1. The number of anilines is 2. The molecule has 10 heteroatoms. The summed E-state index contributed by atoms with van der Waals surface area (Å²) in [6.07, 6.45) is 1.51. The lowest BCUT2D eigenvalue weighted by molar-refractivity contribution is -0.393. The summed E-state index contributed by atoms with van der Waals surface area (Å²) < 4.78 is 0. The summed E-state index contributed by atoms with van der Waals surface area (Å²) in [4.78, 5) is 22.6. The molecule has 0 aromatic heterocycles. The van der Waals surface area contributed by atoms with Crippen molar-refractivity contribution in [2.24, 2.45) is 5.10 Å². The molecule has 9 nitrogen and oxygen atoms in total. The number of hydrogen-bond acceptors (Lipinski definition) is 7. The summed E-state index contributed by atoms with van der Waals surface area (Å²) in [5, 5.41) is 25.8. The first-order chi connectivity index (χ1) is 13.0. The minimum atomic E-state index is -0.699. The molecule has 0 saturated heterocycles. The number of nitro benzene ring substituents is 2. The fourth-order valence-corrected chi connectivity index (χ4v) is 2.60. The molecule has 0 bridgehead atoms. The van der Waals surface area contributed by atoms with Crippen LogP contribution in [0.3, 0.4) is 0 Å². The number of benzene rings is 2. The van der Waals surface area contributed by atoms with E-state index < -0.39 is 15.5 Å². The normalized spacial score (nSPS) is 10.7. The van der Waals surface area contributed by atoms with Gasteiger partial charge in [0.2, 0.25) is 0 Å². The fourth-order valence-electron chi connectivity index (χ4n) is 2.40. The third kappa shape index (κ3) is 5.38. The van der Waals surface area contributed by atoms with E-state index in [-0.39, 0.29) is 11.4 Å². The zero-order valence-corrected chi connectivity index (χ0v) is 15.3. The van der Waals surface area contributed by atoms with Crippen molar-refractivity contribution < 1.29 is 9.85 Å². The maximum absolute atomic E-state index is 11.1. The van der Waals surface area contributed by atoms with Crippen LogP contribution in [0.4, 0.5) is 22.7 Å². The van der Waals surface area contributed by atoms with E-state index in [9.17, 15) is 20.2 Å². The predicted molar refractivity (Wildman–Crippen MR) is 106 cm³/mol. The minimum Gasteiger partial charge on any atom is -0.371 e. The SMILES string of the molecule is CCN(CCCl)c1ccc(C=NNc2ccc([N+](=O)[O-])cc2[N+](=O)[O-])cc1. The fraction of sp³-hybridized carbons (Fsp3) is 0.235. The van der Waals surface area contributed by atoms with E-state index in [2.05, 4.69) is 15.4 Å². The molecule has 0 aliphatic heterocycles. The molecule has 2 rings (SSSR count). The second kappa shape index (κ2) is 9.48. The second-order valence-electron chi connectivity index (χ2n) is 5.45. The van der Waals surface area contributed by atoms with Crippen LogP contribution in [0, 0.1) is 20.2 Å². The van der Waals surface area contributed by atoms with Crippen LogP contribution < -0.4 is 10.3 Å². The van der Waals surface area contributed by atoms with E-state index in [1.54, 1.807) is 0 Å². The van der Waals surface area contributed by atoms with Crippen molar-refractivity contribution in [3.63, 3.8) is 0 Å². The van der Waals surface area contributed by atoms with Crippen LogP contribution in [-0.2, 0) is 0 Å². The van der Waals surface area contributed by atoms with Gasteiger partial charge in [-0.1, -0.05) is 12.1 Å². The van der Waals surface area contributed by atoms with Gasteiger partial charge in [-0.25, -0.2) is 0 Å². The molecule has 0 aliphatic carbocycles. The third-order valence-corrected chi connectivity index (χ3v) is 3.95. The summed E-state index contributed by atoms with van der Waals surface area (Å²) in [7, 11) is 0. The molecule has 0 saturated carbocycles. The Morgan fingerprint density at radius 2 is 1.85 bits per heavy atom. The Balaban J connectivity index is 2.11. The van der Waals surface area contributed by atoms with Gasteiger partial charge in [-0.3, -0.25) is 25.7 Å². The molecule has 27 heavy (non-hydrogen) atoms. The van der Waals surface area contributed by atoms with E-state index in [4.69, 9.17) is 11.6 Å². The van der Waals surface area contributed by atoms with Gasteiger partial charge in [-0.2, -0.15) is 5.10 Å². The van der Waals surface area contributed by atoms with Crippen molar-refractivity contribution in [2.75, 3.05) is 29.3 Å². The largest absolute Gasteiger partial charge is 0.371 e. The first-order valence-corrected chi connectivity index (χ1v) is 8.62. The molecule has 2 aromatic rings. The Labute approximate surface area is 160 Å². The summed E-state index contributed by atoms with van der Waals surface area (Å²) in [6, 6.07) is 10.9. The smallest absolute Gasteiger partial charge is 0.301 e. The molecular weight excluding hydrogens is 374 g/mol. The number of nitro groups is 2. The minimum absolute atomic E-state index is 0.0674. The molecule has 0 unspecified atom stereocenters. The van der Waals surface area contributed by atoms with Gasteiger partial charge in [0.15, 0.2) is 0 Å². The molecule has 0 heterocycles. The Morgan fingerprint density at radius 3 is 2.41 bits per heavy atom. The zero-order valence-electron chi connectivity index (χ0n) is 14.5. The molecule has 0 spiro atoms. The summed E-state index contributed by atoms with van der Waals surface area (Å²) in [6.45, 7) is 3.63. The van der Waals surface area contributed by atoms with Crippen molar-refractivity contribution in [3.05, 3.63) is 68.3 Å². The highest BCUT2D eigenvalue weighted by molar-refractivity contribution is 6.18. The Kier molecular flexibility index (Phi) is 7.07. The Morgan fingerprint density at radius 1 is 1.15 bits per heavy atom. The van der Waals surface area contributed by atoms with E-state index in [0.717, 1.165) is 30.4 Å². The Bertz CT molecular complexity index is 842. The van der Waals surface area contributed by atoms with Gasteiger partial charge in [0.1, 0.15) is 5.69 Å². The van der Waals surface area contributed by atoms with Gasteiger partial charge in [0, 0.05) is 30.7 Å². The molecule has 0 aliphatic rings. The number of halogens is 1. The van der Waals surface area contributed by atoms with Crippen molar-refractivity contribution in [1.82, 2.24) is 0 Å². The highest BCUT2D eigenvalue weighted by Crippen LogP contribution is 2.28. The van der Waals surface area contributed by atoms with Crippen molar-refractivity contribution in [2.45, 2.75) is 6.92 Å². The van der Waals surface area contributed by atoms with Gasteiger partial charge < -0.3 is 4.90 Å². The average molecular weight is 392 g/mol. The monoisotopic (exact) mass is 391 g/mol. The highest BCUT2D eigenvalue weighted by atomic mass is 35.5. The maximum Gasteiger partial charge on any atom is 0.301 e. The molecule has 1 N–H and O–H groups in total. The standard InChI is InChI=1S/C17H18ClN5O4/c1-2-21(10-9-18)14-5-3-13(4-6-14)12-19-20-16-8-7-15(22(24)25)11-17(16)23(26)27/h3-8,11-12,20H,2,9-10H2,1H3. The second-order valence-corrected chi connectivity index (χ2v) is 5.82.